The van der Waals surface area contributed by atoms with E-state index in [9.17, 15) is 9.18 Å². The molecule has 0 heterocycles. The maximum atomic E-state index is 13.4. The van der Waals surface area contributed by atoms with Gasteiger partial charge in [-0.05, 0) is 32.1 Å². The average molecular weight is 295 g/mol. The molecule has 0 radical (unpaired) electrons. The van der Waals surface area contributed by atoms with Gasteiger partial charge in [-0.15, -0.1) is 12.4 Å². The molecule has 0 aliphatic rings. The van der Waals surface area contributed by atoms with Crippen molar-refractivity contribution in [2.45, 2.75) is 12.8 Å². The van der Waals surface area contributed by atoms with Gasteiger partial charge in [-0.1, -0.05) is 17.7 Å². The third-order valence-corrected chi connectivity index (χ3v) is 2.68. The smallest absolute Gasteiger partial charge is 0.224 e. The lowest BCUT2D eigenvalue weighted by Gasteiger charge is -2.07. The molecule has 2 N–H and O–H groups in total. The largest absolute Gasteiger partial charge is 0.356 e. The van der Waals surface area contributed by atoms with Crippen molar-refractivity contribution in [3.63, 3.8) is 0 Å². The molecule has 0 fully saturated rings. The molecule has 3 nitrogen and oxygen atoms in total. The van der Waals surface area contributed by atoms with Crippen molar-refractivity contribution in [1.82, 2.24) is 10.6 Å². The summed E-state index contributed by atoms with van der Waals surface area (Å²) in [6.07, 6.45) is 0.818. The van der Waals surface area contributed by atoms with Crippen molar-refractivity contribution in [2.24, 2.45) is 0 Å². The molecule has 102 valence electrons. The number of benzene rings is 1. The predicted octanol–water partition coefficient (Wildman–Crippen LogP) is 2.17. The number of hydrogen-bond acceptors (Lipinski definition) is 2. The highest BCUT2D eigenvalue weighted by atomic mass is 35.5. The Balaban J connectivity index is 0.00000289. The summed E-state index contributed by atoms with van der Waals surface area (Å²) < 4.78 is 13.4. The monoisotopic (exact) mass is 294 g/mol. The zero-order valence-corrected chi connectivity index (χ0v) is 11.7. The minimum atomic E-state index is -0.442. The van der Waals surface area contributed by atoms with E-state index in [1.807, 2.05) is 7.05 Å². The van der Waals surface area contributed by atoms with E-state index in [0.717, 1.165) is 13.0 Å². The Morgan fingerprint density at radius 3 is 2.72 bits per heavy atom. The first-order valence-electron chi connectivity index (χ1n) is 5.49. The van der Waals surface area contributed by atoms with Gasteiger partial charge in [-0.3, -0.25) is 4.79 Å². The SMILES string of the molecule is CNCCCNC(=O)Cc1c(F)cccc1Cl.Cl. The summed E-state index contributed by atoms with van der Waals surface area (Å²) in [5, 5.41) is 5.98. The lowest BCUT2D eigenvalue weighted by molar-refractivity contribution is -0.120. The molecule has 1 aromatic rings. The molecule has 0 unspecified atom stereocenters. The van der Waals surface area contributed by atoms with Crippen LogP contribution in [0.3, 0.4) is 0 Å². The van der Waals surface area contributed by atoms with Gasteiger partial charge in [-0.2, -0.15) is 0 Å². The van der Waals surface area contributed by atoms with Gasteiger partial charge in [0.1, 0.15) is 5.82 Å². The van der Waals surface area contributed by atoms with Gasteiger partial charge in [-0.25, -0.2) is 4.39 Å². The van der Waals surface area contributed by atoms with E-state index in [1.54, 1.807) is 6.07 Å². The average Bonchev–Trinajstić information content (AvgIpc) is 2.30. The van der Waals surface area contributed by atoms with E-state index in [-0.39, 0.29) is 35.3 Å². The van der Waals surface area contributed by atoms with Crippen LogP contribution in [0.5, 0.6) is 0 Å². The second-order valence-corrected chi connectivity index (χ2v) is 4.09. The summed E-state index contributed by atoms with van der Waals surface area (Å²) in [5.74, 6) is -0.657. The van der Waals surface area contributed by atoms with Gasteiger partial charge in [0.15, 0.2) is 0 Å². The Morgan fingerprint density at radius 2 is 2.11 bits per heavy atom. The first-order chi connectivity index (χ1) is 8.15. The Morgan fingerprint density at radius 1 is 1.39 bits per heavy atom. The van der Waals surface area contributed by atoms with Gasteiger partial charge in [0, 0.05) is 17.1 Å². The Hall–Kier alpha value is -0.840. The third kappa shape index (κ3) is 5.67. The Labute approximate surface area is 118 Å². The molecule has 1 amide bonds. The number of carbonyl (C=O) groups excluding carboxylic acids is 1. The standard InChI is InChI=1S/C12H16ClFN2O.ClH/c1-15-6-3-7-16-12(17)8-9-10(13)4-2-5-11(9)14;/h2,4-5,15H,3,6-8H2,1H3,(H,16,17);1H. The second-order valence-electron chi connectivity index (χ2n) is 3.68. The quantitative estimate of drug-likeness (QED) is 0.790. The van der Waals surface area contributed by atoms with Crippen LogP contribution in [-0.4, -0.2) is 26.0 Å². The highest BCUT2D eigenvalue weighted by Gasteiger charge is 2.11. The van der Waals surface area contributed by atoms with Crippen molar-refractivity contribution >= 4 is 29.9 Å². The molecule has 0 aliphatic heterocycles. The summed E-state index contributed by atoms with van der Waals surface area (Å²) in [7, 11) is 1.85. The summed E-state index contributed by atoms with van der Waals surface area (Å²) in [6, 6.07) is 4.40. The van der Waals surface area contributed by atoms with Gasteiger partial charge in [0.25, 0.3) is 0 Å². The van der Waals surface area contributed by atoms with E-state index in [1.165, 1.54) is 12.1 Å². The highest BCUT2D eigenvalue weighted by molar-refractivity contribution is 6.31. The van der Waals surface area contributed by atoms with Crippen LogP contribution in [0.2, 0.25) is 5.02 Å². The first kappa shape index (κ1) is 17.2. The van der Waals surface area contributed by atoms with Crippen LogP contribution in [0.15, 0.2) is 18.2 Å². The zero-order valence-electron chi connectivity index (χ0n) is 10.1. The molecule has 0 aliphatic carbocycles. The number of hydrogen-bond donors (Lipinski definition) is 2. The van der Waals surface area contributed by atoms with E-state index in [0.29, 0.717) is 6.54 Å². The van der Waals surface area contributed by atoms with Crippen molar-refractivity contribution in [3.8, 4) is 0 Å². The summed E-state index contributed by atoms with van der Waals surface area (Å²) >= 11 is 5.83. The summed E-state index contributed by atoms with van der Waals surface area (Å²) in [4.78, 5) is 11.5. The minimum absolute atomic E-state index is 0. The van der Waals surface area contributed by atoms with Crippen LogP contribution in [0.1, 0.15) is 12.0 Å². The van der Waals surface area contributed by atoms with E-state index < -0.39 is 5.82 Å². The van der Waals surface area contributed by atoms with Crippen molar-refractivity contribution < 1.29 is 9.18 Å². The molecule has 6 heteroatoms. The summed E-state index contributed by atoms with van der Waals surface area (Å²) in [5.41, 5.74) is 0.250. The number of nitrogens with one attached hydrogen (secondary N) is 2. The van der Waals surface area contributed by atoms with Gasteiger partial charge >= 0.3 is 0 Å². The number of halogens is 3. The fraction of sp³-hybridized carbons (Fsp3) is 0.417. The molecule has 0 saturated carbocycles. The van der Waals surface area contributed by atoms with E-state index >= 15 is 0 Å². The molecule has 0 saturated heterocycles. The van der Waals surface area contributed by atoms with Crippen LogP contribution in [0, 0.1) is 5.82 Å². The molecule has 1 rings (SSSR count). The van der Waals surface area contributed by atoms with Gasteiger partial charge in [0.05, 0.1) is 6.42 Å². The fourth-order valence-corrected chi connectivity index (χ4v) is 1.65. The molecule has 0 aromatic heterocycles. The van der Waals surface area contributed by atoms with Crippen LogP contribution in [0.4, 0.5) is 4.39 Å². The van der Waals surface area contributed by atoms with Crippen LogP contribution < -0.4 is 10.6 Å². The Kier molecular flexibility index (Phi) is 8.71. The van der Waals surface area contributed by atoms with Crippen LogP contribution >= 0.6 is 24.0 Å². The minimum Gasteiger partial charge on any atom is -0.356 e. The lowest BCUT2D eigenvalue weighted by Crippen LogP contribution is -2.28. The molecule has 0 bridgehead atoms. The first-order valence-corrected chi connectivity index (χ1v) is 5.87. The van der Waals surface area contributed by atoms with Crippen molar-refractivity contribution in [1.29, 1.82) is 0 Å². The predicted molar refractivity (Wildman–Crippen MR) is 73.9 cm³/mol. The number of amides is 1. The van der Waals surface area contributed by atoms with Crippen molar-refractivity contribution in [2.75, 3.05) is 20.1 Å². The molecular weight excluding hydrogens is 278 g/mol. The normalized spacial score (nSPS) is 9.72. The maximum Gasteiger partial charge on any atom is 0.224 e. The van der Waals surface area contributed by atoms with Crippen LogP contribution in [-0.2, 0) is 11.2 Å². The number of rotatable bonds is 6. The highest BCUT2D eigenvalue weighted by Crippen LogP contribution is 2.19. The molecular formula is C12H17Cl2FN2O. The zero-order chi connectivity index (χ0) is 12.7. The third-order valence-electron chi connectivity index (χ3n) is 2.32. The summed E-state index contributed by atoms with van der Waals surface area (Å²) in [6.45, 7) is 1.41. The molecule has 0 spiro atoms. The van der Waals surface area contributed by atoms with Gasteiger partial charge < -0.3 is 10.6 Å². The second kappa shape index (κ2) is 9.14. The Bertz CT molecular complexity index is 368. The van der Waals surface area contributed by atoms with Crippen LogP contribution in [0.25, 0.3) is 0 Å². The van der Waals surface area contributed by atoms with Crippen molar-refractivity contribution in [3.05, 3.63) is 34.6 Å². The molecule has 18 heavy (non-hydrogen) atoms. The van der Waals surface area contributed by atoms with E-state index in [2.05, 4.69) is 10.6 Å². The maximum absolute atomic E-state index is 13.4. The molecule has 1 aromatic carbocycles. The fourth-order valence-electron chi connectivity index (χ4n) is 1.42. The topological polar surface area (TPSA) is 41.1 Å². The van der Waals surface area contributed by atoms with E-state index in [4.69, 9.17) is 11.6 Å². The molecule has 0 atom stereocenters. The van der Waals surface area contributed by atoms with Gasteiger partial charge in [0.2, 0.25) is 5.91 Å². The number of carbonyl (C=O) groups is 1. The lowest BCUT2D eigenvalue weighted by atomic mass is 10.1.